The second-order valence-electron chi connectivity index (χ2n) is 5.56. The summed E-state index contributed by atoms with van der Waals surface area (Å²) >= 11 is 3.36. The van der Waals surface area contributed by atoms with Gasteiger partial charge in [0.25, 0.3) is 5.91 Å². The van der Waals surface area contributed by atoms with Crippen LogP contribution in [0.15, 0.2) is 33.3 Å². The maximum absolute atomic E-state index is 12.3. The Labute approximate surface area is 131 Å². The van der Waals surface area contributed by atoms with Crippen molar-refractivity contribution in [3.63, 3.8) is 0 Å². The van der Waals surface area contributed by atoms with Crippen LogP contribution >= 0.6 is 15.9 Å². The highest BCUT2D eigenvalue weighted by atomic mass is 79.9. The number of likely N-dealkylation sites (tertiary alicyclic amines) is 1. The van der Waals surface area contributed by atoms with E-state index in [-0.39, 0.29) is 17.7 Å². The molecule has 0 N–H and O–H groups in total. The van der Waals surface area contributed by atoms with E-state index in [0.29, 0.717) is 24.5 Å². The molecule has 1 aliphatic heterocycles. The Morgan fingerprint density at radius 2 is 2.00 bits per heavy atom. The molecule has 3 rings (SSSR count). The first-order valence-corrected chi connectivity index (χ1v) is 7.72. The van der Waals surface area contributed by atoms with Crippen LogP contribution in [0.5, 0.6) is 0 Å². The topological polar surface area (TPSA) is 59.2 Å². The van der Waals surface area contributed by atoms with E-state index in [1.165, 1.54) is 0 Å². The number of aromatic nitrogens is 2. The maximum Gasteiger partial charge on any atom is 0.253 e. The van der Waals surface area contributed by atoms with Crippen molar-refractivity contribution >= 4 is 21.8 Å². The van der Waals surface area contributed by atoms with E-state index in [1.807, 2.05) is 38.1 Å². The fraction of sp³-hybridized carbons (Fsp3) is 0.400. The molecule has 21 heavy (non-hydrogen) atoms. The predicted molar refractivity (Wildman–Crippen MR) is 81.2 cm³/mol. The number of amides is 1. The first-order chi connectivity index (χ1) is 10.0. The van der Waals surface area contributed by atoms with Gasteiger partial charge in [0.15, 0.2) is 5.82 Å². The zero-order valence-corrected chi connectivity index (χ0v) is 13.5. The number of hydrogen-bond acceptors (Lipinski definition) is 4. The summed E-state index contributed by atoms with van der Waals surface area (Å²) in [4.78, 5) is 18.5. The summed E-state index contributed by atoms with van der Waals surface area (Å²) in [5.41, 5.74) is 0.699. The molecule has 0 atom stereocenters. The fourth-order valence-corrected chi connectivity index (χ4v) is 2.49. The smallest absolute Gasteiger partial charge is 0.253 e. The normalized spacial score (nSPS) is 15.3. The van der Waals surface area contributed by atoms with Crippen LogP contribution in [0.25, 0.3) is 0 Å². The quantitative estimate of drug-likeness (QED) is 0.853. The van der Waals surface area contributed by atoms with E-state index in [4.69, 9.17) is 4.52 Å². The molecule has 110 valence electrons. The Hall–Kier alpha value is -1.69. The highest BCUT2D eigenvalue weighted by Crippen LogP contribution is 2.28. The number of carbonyl (C=O) groups is 1. The van der Waals surface area contributed by atoms with E-state index in [9.17, 15) is 4.79 Å². The molecule has 1 aliphatic rings. The van der Waals surface area contributed by atoms with Gasteiger partial charge in [-0.3, -0.25) is 4.79 Å². The summed E-state index contributed by atoms with van der Waals surface area (Å²) in [6.45, 7) is 5.32. The van der Waals surface area contributed by atoms with Gasteiger partial charge in [0, 0.05) is 29.0 Å². The summed E-state index contributed by atoms with van der Waals surface area (Å²) in [7, 11) is 0. The lowest BCUT2D eigenvalue weighted by Crippen LogP contribution is -2.48. The van der Waals surface area contributed by atoms with Crippen molar-refractivity contribution in [2.75, 3.05) is 13.1 Å². The number of hydrogen-bond donors (Lipinski definition) is 0. The molecule has 1 amide bonds. The van der Waals surface area contributed by atoms with E-state index in [2.05, 4.69) is 26.1 Å². The van der Waals surface area contributed by atoms with Crippen LogP contribution in [0, 0.1) is 0 Å². The van der Waals surface area contributed by atoms with Gasteiger partial charge in [-0.2, -0.15) is 4.98 Å². The standard InChI is InChI=1S/C15H16BrN3O2/c1-9(2)13-17-14(21-18-13)11-7-19(8-11)15(20)10-3-5-12(16)6-4-10/h3-6,9,11H,7-8H2,1-2H3. The van der Waals surface area contributed by atoms with Crippen molar-refractivity contribution in [3.8, 4) is 0 Å². The van der Waals surface area contributed by atoms with E-state index < -0.39 is 0 Å². The van der Waals surface area contributed by atoms with Crippen LogP contribution in [0.4, 0.5) is 0 Å². The molecule has 6 heteroatoms. The Bertz CT molecular complexity index is 645. The first-order valence-electron chi connectivity index (χ1n) is 6.93. The van der Waals surface area contributed by atoms with Gasteiger partial charge in [0.05, 0.1) is 5.92 Å². The monoisotopic (exact) mass is 349 g/mol. The molecule has 2 heterocycles. The zero-order valence-electron chi connectivity index (χ0n) is 11.9. The lowest BCUT2D eigenvalue weighted by molar-refractivity contribution is 0.0569. The minimum absolute atomic E-state index is 0.0438. The van der Waals surface area contributed by atoms with Gasteiger partial charge in [-0.05, 0) is 24.3 Å². The van der Waals surface area contributed by atoms with E-state index in [1.54, 1.807) is 4.90 Å². The molecule has 1 aromatic carbocycles. The van der Waals surface area contributed by atoms with Gasteiger partial charge >= 0.3 is 0 Å². The van der Waals surface area contributed by atoms with Crippen LogP contribution in [-0.4, -0.2) is 34.0 Å². The molecule has 1 fully saturated rings. The third kappa shape index (κ3) is 2.85. The predicted octanol–water partition coefficient (Wildman–Crippen LogP) is 3.20. The van der Waals surface area contributed by atoms with Crippen molar-refractivity contribution in [3.05, 3.63) is 46.0 Å². The summed E-state index contributed by atoms with van der Waals surface area (Å²) in [5, 5.41) is 3.96. The van der Waals surface area contributed by atoms with Crippen molar-refractivity contribution in [2.45, 2.75) is 25.7 Å². The third-order valence-corrected chi connectivity index (χ3v) is 4.11. The van der Waals surface area contributed by atoms with Gasteiger partial charge in [-0.15, -0.1) is 0 Å². The molecular weight excluding hydrogens is 334 g/mol. The van der Waals surface area contributed by atoms with Crippen molar-refractivity contribution in [1.29, 1.82) is 0 Å². The van der Waals surface area contributed by atoms with Gasteiger partial charge < -0.3 is 9.42 Å². The second-order valence-corrected chi connectivity index (χ2v) is 6.48. The Morgan fingerprint density at radius 3 is 2.57 bits per heavy atom. The van der Waals surface area contributed by atoms with Crippen LogP contribution in [0.1, 0.15) is 47.8 Å². The minimum atomic E-state index is 0.0438. The molecular formula is C15H16BrN3O2. The minimum Gasteiger partial charge on any atom is -0.339 e. The lowest BCUT2D eigenvalue weighted by atomic mass is 9.98. The molecule has 2 aromatic rings. The molecule has 0 saturated carbocycles. The van der Waals surface area contributed by atoms with Gasteiger partial charge in [-0.25, -0.2) is 0 Å². The Balaban J connectivity index is 1.62. The summed E-state index contributed by atoms with van der Waals surface area (Å²) < 4.78 is 6.24. The highest BCUT2D eigenvalue weighted by molar-refractivity contribution is 9.10. The van der Waals surface area contributed by atoms with E-state index in [0.717, 1.165) is 10.3 Å². The van der Waals surface area contributed by atoms with Gasteiger partial charge in [0.1, 0.15) is 0 Å². The molecule has 1 aromatic heterocycles. The summed E-state index contributed by atoms with van der Waals surface area (Å²) in [6.07, 6.45) is 0. The molecule has 0 unspecified atom stereocenters. The van der Waals surface area contributed by atoms with Crippen molar-refractivity contribution in [2.24, 2.45) is 0 Å². The van der Waals surface area contributed by atoms with Crippen LogP contribution in [-0.2, 0) is 0 Å². The number of nitrogens with zero attached hydrogens (tertiary/aromatic N) is 3. The lowest BCUT2D eigenvalue weighted by Gasteiger charge is -2.37. The molecule has 0 aliphatic carbocycles. The van der Waals surface area contributed by atoms with Crippen molar-refractivity contribution < 1.29 is 9.32 Å². The van der Waals surface area contributed by atoms with Crippen LogP contribution in [0.3, 0.4) is 0 Å². The first kappa shape index (κ1) is 14.3. The SMILES string of the molecule is CC(C)c1noc(C2CN(C(=O)c3ccc(Br)cc3)C2)n1. The second kappa shape index (κ2) is 5.60. The van der Waals surface area contributed by atoms with Gasteiger partial charge in [0.2, 0.25) is 5.89 Å². The van der Waals surface area contributed by atoms with Crippen molar-refractivity contribution in [1.82, 2.24) is 15.0 Å². The molecule has 5 nitrogen and oxygen atoms in total. The number of benzene rings is 1. The average molecular weight is 350 g/mol. The van der Waals surface area contributed by atoms with Gasteiger partial charge in [-0.1, -0.05) is 34.9 Å². The Kier molecular flexibility index (Phi) is 3.80. The van der Waals surface area contributed by atoms with Crippen LogP contribution < -0.4 is 0 Å². The molecule has 0 bridgehead atoms. The number of halogens is 1. The summed E-state index contributed by atoms with van der Waals surface area (Å²) in [5.74, 6) is 1.82. The molecule has 0 radical (unpaired) electrons. The molecule has 1 saturated heterocycles. The number of rotatable bonds is 3. The molecule has 0 spiro atoms. The Morgan fingerprint density at radius 1 is 1.33 bits per heavy atom. The zero-order chi connectivity index (χ0) is 15.0. The van der Waals surface area contributed by atoms with E-state index >= 15 is 0 Å². The fourth-order valence-electron chi connectivity index (χ4n) is 2.22. The largest absolute Gasteiger partial charge is 0.339 e. The van der Waals surface area contributed by atoms with Crippen LogP contribution in [0.2, 0.25) is 0 Å². The highest BCUT2D eigenvalue weighted by Gasteiger charge is 2.36. The third-order valence-electron chi connectivity index (χ3n) is 3.58. The number of carbonyl (C=O) groups excluding carboxylic acids is 1. The maximum atomic E-state index is 12.3. The average Bonchev–Trinajstić information content (AvgIpc) is 2.87. The summed E-state index contributed by atoms with van der Waals surface area (Å²) in [6, 6.07) is 7.39.